The van der Waals surface area contributed by atoms with E-state index in [1.807, 2.05) is 0 Å². The van der Waals surface area contributed by atoms with E-state index >= 15 is 0 Å². The molecule has 1 aromatic heterocycles. The van der Waals surface area contributed by atoms with E-state index < -0.39 is 16.7 Å². The number of nitrogens with zero attached hydrogens (tertiary/aromatic N) is 1. The summed E-state index contributed by atoms with van der Waals surface area (Å²) in [5.41, 5.74) is 7.08. The Kier molecular flexibility index (Phi) is 5.81. The number of nitrogens with two attached hydrogens (primary N) is 1. The van der Waals surface area contributed by atoms with Gasteiger partial charge in [-0.2, -0.15) is 0 Å². The summed E-state index contributed by atoms with van der Waals surface area (Å²) in [4.78, 5) is 35.7. The normalized spacial score (nSPS) is 16.0. The number of rotatable bonds is 5. The summed E-state index contributed by atoms with van der Waals surface area (Å²) >= 11 is 7.16. The Labute approximate surface area is 170 Å². The van der Waals surface area contributed by atoms with Crippen LogP contribution in [0.25, 0.3) is 6.08 Å². The van der Waals surface area contributed by atoms with Crippen LogP contribution in [0.15, 0.2) is 24.3 Å². The van der Waals surface area contributed by atoms with Gasteiger partial charge in [-0.1, -0.05) is 24.6 Å². The molecule has 0 saturated heterocycles. The third-order valence-corrected chi connectivity index (χ3v) is 6.08. The number of nitro groups is 1. The molecule has 0 bridgehead atoms. The lowest BCUT2D eigenvalue weighted by atomic mass is 9.88. The summed E-state index contributed by atoms with van der Waals surface area (Å²) in [5.74, 6) is -0.484. The second kappa shape index (κ2) is 8.12. The van der Waals surface area contributed by atoms with Crippen LogP contribution in [0.2, 0.25) is 5.02 Å². The topological polar surface area (TPSA) is 115 Å². The van der Waals surface area contributed by atoms with Gasteiger partial charge in [-0.05, 0) is 48.4 Å². The maximum atomic E-state index is 12.3. The number of thiophene rings is 1. The zero-order valence-electron chi connectivity index (χ0n) is 15.0. The molecular weight excluding hydrogens is 402 g/mol. The Bertz CT molecular complexity index is 999. The van der Waals surface area contributed by atoms with Gasteiger partial charge in [0.05, 0.1) is 10.5 Å². The Morgan fingerprint density at radius 2 is 2.18 bits per heavy atom. The summed E-state index contributed by atoms with van der Waals surface area (Å²) < 4.78 is 0. The van der Waals surface area contributed by atoms with Gasteiger partial charge in [0.2, 0.25) is 5.91 Å². The van der Waals surface area contributed by atoms with Crippen LogP contribution in [0.4, 0.5) is 10.7 Å². The van der Waals surface area contributed by atoms with Crippen LogP contribution in [0.5, 0.6) is 0 Å². The predicted octanol–water partition coefficient (Wildman–Crippen LogP) is 4.19. The number of carbonyl (C=O) groups excluding carboxylic acids is 2. The minimum Gasteiger partial charge on any atom is -0.365 e. The van der Waals surface area contributed by atoms with E-state index in [4.69, 9.17) is 17.3 Å². The molecular formula is C19H18ClN3O4S. The van der Waals surface area contributed by atoms with Crippen LogP contribution in [0.3, 0.4) is 0 Å². The third kappa shape index (κ3) is 4.23. The zero-order chi connectivity index (χ0) is 20.4. The van der Waals surface area contributed by atoms with Gasteiger partial charge in [0.1, 0.15) is 10.0 Å². The van der Waals surface area contributed by atoms with Crippen LogP contribution in [0, 0.1) is 16.0 Å². The van der Waals surface area contributed by atoms with Crippen molar-refractivity contribution in [3.63, 3.8) is 0 Å². The van der Waals surface area contributed by atoms with Crippen LogP contribution in [-0.2, 0) is 17.6 Å². The first-order chi connectivity index (χ1) is 13.3. The molecule has 3 N–H and O–H groups in total. The molecule has 0 spiro atoms. The number of nitrogens with one attached hydrogen (secondary N) is 1. The van der Waals surface area contributed by atoms with E-state index in [0.717, 1.165) is 29.7 Å². The van der Waals surface area contributed by atoms with Crippen molar-refractivity contribution in [2.24, 2.45) is 11.7 Å². The highest BCUT2D eigenvalue weighted by Gasteiger charge is 2.26. The second-order valence-electron chi connectivity index (χ2n) is 6.71. The van der Waals surface area contributed by atoms with Crippen molar-refractivity contribution >= 4 is 51.5 Å². The van der Waals surface area contributed by atoms with Crippen LogP contribution < -0.4 is 11.1 Å². The van der Waals surface area contributed by atoms with Gasteiger partial charge in [-0.3, -0.25) is 19.7 Å². The quantitative estimate of drug-likeness (QED) is 0.429. The van der Waals surface area contributed by atoms with Crippen molar-refractivity contribution in [3.8, 4) is 0 Å². The van der Waals surface area contributed by atoms with Crippen molar-refractivity contribution in [1.29, 1.82) is 0 Å². The molecule has 9 heteroatoms. The minimum atomic E-state index is -0.587. The molecule has 0 radical (unpaired) electrons. The molecule has 1 heterocycles. The fourth-order valence-corrected chi connectivity index (χ4v) is 4.80. The number of nitro benzene ring substituents is 1. The highest BCUT2D eigenvalue weighted by Crippen LogP contribution is 2.39. The fourth-order valence-electron chi connectivity index (χ4n) is 3.20. The molecule has 1 atom stereocenters. The van der Waals surface area contributed by atoms with Crippen LogP contribution >= 0.6 is 22.9 Å². The van der Waals surface area contributed by atoms with E-state index in [0.29, 0.717) is 22.0 Å². The molecule has 3 rings (SSSR count). The van der Waals surface area contributed by atoms with E-state index in [1.165, 1.54) is 35.6 Å². The first-order valence-corrected chi connectivity index (χ1v) is 9.83. The van der Waals surface area contributed by atoms with Gasteiger partial charge in [0, 0.05) is 17.0 Å². The van der Waals surface area contributed by atoms with Crippen molar-refractivity contribution in [2.45, 2.75) is 26.2 Å². The second-order valence-corrected chi connectivity index (χ2v) is 8.22. The molecule has 0 aliphatic heterocycles. The molecule has 0 saturated carbocycles. The molecule has 2 aromatic rings. The zero-order valence-corrected chi connectivity index (χ0v) is 16.6. The molecule has 0 fully saturated rings. The number of halogens is 1. The molecule has 7 nitrogen and oxygen atoms in total. The van der Waals surface area contributed by atoms with E-state index in [1.54, 1.807) is 6.07 Å². The SMILES string of the molecule is C[C@@H]1CCc2c(sc(NC(=O)/C=C/c3ccc(Cl)c([N+](=O)[O-])c3)c2C(N)=O)C1. The monoisotopic (exact) mass is 419 g/mol. The number of anilines is 1. The highest BCUT2D eigenvalue weighted by molar-refractivity contribution is 7.17. The van der Waals surface area contributed by atoms with Crippen molar-refractivity contribution in [2.75, 3.05) is 5.32 Å². The Balaban J connectivity index is 1.80. The van der Waals surface area contributed by atoms with E-state index in [-0.39, 0.29) is 10.7 Å². The largest absolute Gasteiger partial charge is 0.365 e. The summed E-state index contributed by atoms with van der Waals surface area (Å²) in [6.45, 7) is 2.15. The average Bonchev–Trinajstić information content (AvgIpc) is 2.97. The van der Waals surface area contributed by atoms with E-state index in [2.05, 4.69) is 12.2 Å². The number of carbonyl (C=O) groups is 2. The van der Waals surface area contributed by atoms with Crippen molar-refractivity contribution < 1.29 is 14.5 Å². The number of hydrogen-bond acceptors (Lipinski definition) is 5. The van der Waals surface area contributed by atoms with Crippen LogP contribution in [0.1, 0.15) is 39.7 Å². The van der Waals surface area contributed by atoms with Gasteiger partial charge >= 0.3 is 0 Å². The van der Waals surface area contributed by atoms with Gasteiger partial charge in [-0.25, -0.2) is 0 Å². The third-order valence-electron chi connectivity index (χ3n) is 4.59. The summed E-state index contributed by atoms with van der Waals surface area (Å²) in [5, 5.41) is 14.1. The fraction of sp³-hybridized carbons (Fsp3) is 0.263. The Hall–Kier alpha value is -2.71. The smallest absolute Gasteiger partial charge is 0.288 e. The van der Waals surface area contributed by atoms with Gasteiger partial charge < -0.3 is 11.1 Å². The number of fused-ring (bicyclic) bond motifs is 1. The number of hydrogen-bond donors (Lipinski definition) is 2. The maximum absolute atomic E-state index is 12.3. The first kappa shape index (κ1) is 20.0. The standard InChI is InChI=1S/C19H18ClN3O4S/c1-10-2-5-12-15(8-10)28-19(17(12)18(21)25)22-16(24)7-4-11-3-6-13(20)14(9-11)23(26)27/h3-4,6-7,9-10H,2,5,8H2,1H3,(H2,21,25)(H,22,24)/b7-4+/t10-/m1/s1. The molecule has 2 amide bonds. The number of amides is 2. The van der Waals surface area contributed by atoms with E-state index in [9.17, 15) is 19.7 Å². The average molecular weight is 420 g/mol. The molecule has 0 unspecified atom stereocenters. The molecule has 1 aliphatic carbocycles. The minimum absolute atomic E-state index is 0.0242. The van der Waals surface area contributed by atoms with Gasteiger partial charge in [-0.15, -0.1) is 11.3 Å². The Morgan fingerprint density at radius 1 is 1.43 bits per heavy atom. The van der Waals surface area contributed by atoms with Gasteiger partial charge in [0.25, 0.3) is 11.6 Å². The number of primary amides is 1. The molecule has 1 aromatic carbocycles. The first-order valence-electron chi connectivity index (χ1n) is 8.63. The number of benzene rings is 1. The molecule has 28 heavy (non-hydrogen) atoms. The van der Waals surface area contributed by atoms with Gasteiger partial charge in [0.15, 0.2) is 0 Å². The summed E-state index contributed by atoms with van der Waals surface area (Å²) in [6.07, 6.45) is 5.30. The molecule has 1 aliphatic rings. The summed E-state index contributed by atoms with van der Waals surface area (Å²) in [7, 11) is 0. The highest BCUT2D eigenvalue weighted by atomic mass is 35.5. The van der Waals surface area contributed by atoms with Crippen LogP contribution in [-0.4, -0.2) is 16.7 Å². The lowest BCUT2D eigenvalue weighted by Crippen LogP contribution is -2.18. The van der Waals surface area contributed by atoms with Crippen molar-refractivity contribution in [3.05, 3.63) is 61.0 Å². The molecule has 146 valence electrons. The lowest BCUT2D eigenvalue weighted by Gasteiger charge is -2.18. The van der Waals surface area contributed by atoms with Crippen molar-refractivity contribution in [1.82, 2.24) is 0 Å². The Morgan fingerprint density at radius 3 is 2.86 bits per heavy atom. The lowest BCUT2D eigenvalue weighted by molar-refractivity contribution is -0.384. The summed E-state index contributed by atoms with van der Waals surface area (Å²) in [6, 6.07) is 4.25. The predicted molar refractivity (Wildman–Crippen MR) is 110 cm³/mol. The maximum Gasteiger partial charge on any atom is 0.288 e.